The van der Waals surface area contributed by atoms with E-state index in [0.29, 0.717) is 0 Å². The van der Waals surface area contributed by atoms with E-state index in [1.165, 1.54) is 5.56 Å². The van der Waals surface area contributed by atoms with Gasteiger partial charge in [0.2, 0.25) is 0 Å². The topological polar surface area (TPSA) is 76.3 Å². The van der Waals surface area contributed by atoms with Gasteiger partial charge in [-0.2, -0.15) is 0 Å². The third-order valence-corrected chi connectivity index (χ3v) is 6.48. The number of piperazine rings is 1. The predicted octanol–water partition coefficient (Wildman–Crippen LogP) is 4.40. The highest BCUT2D eigenvalue weighted by Gasteiger charge is 2.14. The van der Waals surface area contributed by atoms with Crippen LogP contribution in [0.25, 0.3) is 33.3 Å². The molecular formula is C27H30N6O. The van der Waals surface area contributed by atoms with E-state index in [9.17, 15) is 4.79 Å². The summed E-state index contributed by atoms with van der Waals surface area (Å²) in [5.74, 6) is 0. The van der Waals surface area contributed by atoms with Crippen LogP contribution in [0.5, 0.6) is 0 Å². The molecule has 0 bridgehead atoms. The summed E-state index contributed by atoms with van der Waals surface area (Å²) in [5, 5.41) is 6.47. The van der Waals surface area contributed by atoms with Crippen LogP contribution in [0.1, 0.15) is 5.56 Å². The lowest BCUT2D eigenvalue weighted by Gasteiger charge is -2.32. The normalized spacial score (nSPS) is 14.9. The fraction of sp³-hybridized carbons (Fsp3) is 0.259. The van der Waals surface area contributed by atoms with Crippen LogP contribution in [0.3, 0.4) is 0 Å². The number of nitrogens with one attached hydrogen (secondary N) is 3. The van der Waals surface area contributed by atoms with Gasteiger partial charge < -0.3 is 20.5 Å². The van der Waals surface area contributed by atoms with Gasteiger partial charge in [-0.3, -0.25) is 4.90 Å². The van der Waals surface area contributed by atoms with Gasteiger partial charge in [-0.15, -0.1) is 0 Å². The number of H-pyrrole nitrogens is 1. The molecule has 174 valence electrons. The quantitative estimate of drug-likeness (QED) is 0.418. The number of benzene rings is 2. The largest absolute Gasteiger partial charge is 0.346 e. The number of aromatic amines is 1. The second kappa shape index (κ2) is 9.67. The number of rotatable bonds is 5. The number of fused-ring (bicyclic) bond motifs is 1. The monoisotopic (exact) mass is 454 g/mol. The van der Waals surface area contributed by atoms with Crippen LogP contribution in [0, 0.1) is 0 Å². The first kappa shape index (κ1) is 22.1. The third-order valence-electron chi connectivity index (χ3n) is 6.48. The molecule has 1 fully saturated rings. The van der Waals surface area contributed by atoms with Crippen molar-refractivity contribution >= 4 is 22.8 Å². The van der Waals surface area contributed by atoms with Crippen LogP contribution < -0.4 is 10.6 Å². The summed E-state index contributed by atoms with van der Waals surface area (Å²) in [6.07, 6.45) is 3.89. The highest BCUT2D eigenvalue weighted by molar-refractivity contribution is 5.97. The number of aromatic nitrogens is 2. The summed E-state index contributed by atoms with van der Waals surface area (Å²) < 4.78 is 0. The van der Waals surface area contributed by atoms with Crippen LogP contribution in [0.15, 0.2) is 67.0 Å². The minimum atomic E-state index is -0.240. The molecule has 3 N–H and O–H groups in total. The molecule has 0 radical (unpaired) electrons. The van der Waals surface area contributed by atoms with Crippen molar-refractivity contribution in [1.82, 2.24) is 25.1 Å². The summed E-state index contributed by atoms with van der Waals surface area (Å²) in [6, 6.07) is 18.6. The van der Waals surface area contributed by atoms with Crippen molar-refractivity contribution in [1.29, 1.82) is 0 Å². The Morgan fingerprint density at radius 1 is 1.00 bits per heavy atom. The Kier molecular flexibility index (Phi) is 6.29. The molecule has 2 aromatic carbocycles. The molecule has 0 spiro atoms. The number of carbonyl (C=O) groups excluding carboxylic acids is 1. The fourth-order valence-corrected chi connectivity index (χ4v) is 4.42. The molecule has 5 rings (SSSR count). The van der Waals surface area contributed by atoms with Crippen LogP contribution in [0.2, 0.25) is 0 Å². The van der Waals surface area contributed by atoms with Gasteiger partial charge in [0, 0.05) is 74.4 Å². The fourth-order valence-electron chi connectivity index (χ4n) is 4.42. The predicted molar refractivity (Wildman–Crippen MR) is 138 cm³/mol. The smallest absolute Gasteiger partial charge is 0.318 e. The standard InChI is InChI=1S/C27H30N6O/c1-28-27(34)31-23-5-3-4-21(14-23)25-17-30-26-24(25)15-22(16-29-26)20-8-6-19(7-9-20)18-33-12-10-32(2)11-13-33/h3-9,14-17H,10-13,18H2,1-2H3,(H,29,30)(H2,28,31,34). The summed E-state index contributed by atoms with van der Waals surface area (Å²) in [6.45, 7) is 5.50. The molecule has 2 amide bonds. The molecule has 1 aliphatic rings. The Balaban J connectivity index is 1.38. The zero-order valence-electron chi connectivity index (χ0n) is 19.6. The van der Waals surface area contributed by atoms with Gasteiger partial charge in [0.25, 0.3) is 0 Å². The lowest BCUT2D eigenvalue weighted by atomic mass is 10.0. The van der Waals surface area contributed by atoms with E-state index >= 15 is 0 Å². The molecule has 2 aromatic heterocycles. The van der Waals surface area contributed by atoms with Gasteiger partial charge in [0.1, 0.15) is 5.65 Å². The van der Waals surface area contributed by atoms with Crippen molar-refractivity contribution in [2.75, 3.05) is 45.6 Å². The molecule has 1 saturated heterocycles. The number of likely N-dealkylation sites (N-methyl/N-ethyl adjacent to an activating group) is 1. The number of hydrogen-bond acceptors (Lipinski definition) is 4. The minimum absolute atomic E-state index is 0.240. The van der Waals surface area contributed by atoms with Crippen LogP contribution in [0.4, 0.5) is 10.5 Å². The molecule has 3 heterocycles. The Hall–Kier alpha value is -3.68. The van der Waals surface area contributed by atoms with Gasteiger partial charge in [-0.25, -0.2) is 9.78 Å². The molecule has 4 aromatic rings. The molecule has 0 unspecified atom stereocenters. The average Bonchev–Trinajstić information content (AvgIpc) is 3.29. The highest BCUT2D eigenvalue weighted by Crippen LogP contribution is 2.32. The van der Waals surface area contributed by atoms with Crippen LogP contribution in [-0.4, -0.2) is 66.1 Å². The molecular weight excluding hydrogens is 424 g/mol. The molecule has 7 heteroatoms. The number of pyridine rings is 1. The van der Waals surface area contributed by atoms with Gasteiger partial charge in [0.15, 0.2) is 0 Å². The maximum Gasteiger partial charge on any atom is 0.318 e. The molecule has 0 atom stereocenters. The Labute approximate surface area is 199 Å². The van der Waals surface area contributed by atoms with Crippen LogP contribution >= 0.6 is 0 Å². The molecule has 7 nitrogen and oxygen atoms in total. The lowest BCUT2D eigenvalue weighted by Crippen LogP contribution is -2.43. The number of amides is 2. The zero-order valence-corrected chi connectivity index (χ0v) is 19.6. The zero-order chi connectivity index (χ0) is 23.5. The number of hydrogen-bond donors (Lipinski definition) is 3. The van der Waals surface area contributed by atoms with Gasteiger partial charge >= 0.3 is 6.03 Å². The van der Waals surface area contributed by atoms with Crippen molar-refractivity contribution in [3.63, 3.8) is 0 Å². The van der Waals surface area contributed by atoms with Gasteiger partial charge in [0.05, 0.1) is 0 Å². The van der Waals surface area contributed by atoms with E-state index in [2.05, 4.69) is 67.8 Å². The first-order valence-corrected chi connectivity index (χ1v) is 11.7. The van der Waals surface area contributed by atoms with E-state index in [4.69, 9.17) is 0 Å². The maximum atomic E-state index is 11.7. The van der Waals surface area contributed by atoms with E-state index in [0.717, 1.165) is 71.7 Å². The molecule has 0 aliphatic carbocycles. The van der Waals surface area contributed by atoms with Crippen molar-refractivity contribution in [2.45, 2.75) is 6.54 Å². The Morgan fingerprint density at radius 3 is 2.56 bits per heavy atom. The van der Waals surface area contributed by atoms with E-state index in [-0.39, 0.29) is 6.03 Å². The second-order valence-corrected chi connectivity index (χ2v) is 8.88. The Bertz CT molecular complexity index is 1290. The second-order valence-electron chi connectivity index (χ2n) is 8.88. The first-order chi connectivity index (χ1) is 16.6. The van der Waals surface area contributed by atoms with E-state index in [1.807, 2.05) is 36.7 Å². The molecule has 0 saturated carbocycles. The average molecular weight is 455 g/mol. The third kappa shape index (κ3) is 4.81. The first-order valence-electron chi connectivity index (χ1n) is 11.7. The van der Waals surface area contributed by atoms with E-state index in [1.54, 1.807) is 7.05 Å². The summed E-state index contributed by atoms with van der Waals surface area (Å²) >= 11 is 0. The summed E-state index contributed by atoms with van der Waals surface area (Å²) in [5.41, 5.74) is 7.22. The summed E-state index contributed by atoms with van der Waals surface area (Å²) in [7, 11) is 3.79. The SMILES string of the molecule is CNC(=O)Nc1cccc(-c2c[nH]c3ncc(-c4ccc(CN5CCN(C)CC5)cc4)cc23)c1. The number of urea groups is 1. The van der Waals surface area contributed by atoms with Crippen molar-refractivity contribution < 1.29 is 4.79 Å². The molecule has 34 heavy (non-hydrogen) atoms. The number of nitrogens with zero attached hydrogens (tertiary/aromatic N) is 3. The van der Waals surface area contributed by atoms with Crippen molar-refractivity contribution in [3.8, 4) is 22.3 Å². The van der Waals surface area contributed by atoms with E-state index < -0.39 is 0 Å². The van der Waals surface area contributed by atoms with Crippen molar-refractivity contribution in [2.24, 2.45) is 0 Å². The minimum Gasteiger partial charge on any atom is -0.346 e. The summed E-state index contributed by atoms with van der Waals surface area (Å²) in [4.78, 5) is 24.5. The number of anilines is 1. The maximum absolute atomic E-state index is 11.7. The lowest BCUT2D eigenvalue weighted by molar-refractivity contribution is 0.148. The van der Waals surface area contributed by atoms with Crippen LogP contribution in [-0.2, 0) is 6.54 Å². The van der Waals surface area contributed by atoms with Gasteiger partial charge in [-0.1, -0.05) is 36.4 Å². The highest BCUT2D eigenvalue weighted by atomic mass is 16.2. The van der Waals surface area contributed by atoms with Crippen molar-refractivity contribution in [3.05, 3.63) is 72.6 Å². The molecule has 1 aliphatic heterocycles. The Morgan fingerprint density at radius 2 is 1.79 bits per heavy atom. The number of carbonyl (C=O) groups is 1. The van der Waals surface area contributed by atoms with Gasteiger partial charge in [-0.05, 0) is 41.9 Å².